The van der Waals surface area contributed by atoms with Gasteiger partial charge in [-0.1, -0.05) is 29.8 Å². The van der Waals surface area contributed by atoms with Crippen LogP contribution in [-0.4, -0.2) is 60.4 Å². The fourth-order valence-electron chi connectivity index (χ4n) is 3.38. The normalized spacial score (nSPS) is 13.7. The zero-order valence-corrected chi connectivity index (χ0v) is 17.8. The predicted molar refractivity (Wildman–Crippen MR) is 114 cm³/mol. The van der Waals surface area contributed by atoms with E-state index in [9.17, 15) is 14.4 Å². The Kier molecular flexibility index (Phi) is 6.40. The molecule has 7 heteroatoms. The molecule has 158 valence electrons. The zero-order chi connectivity index (χ0) is 21.8. The Hall–Kier alpha value is -3.35. The van der Waals surface area contributed by atoms with Crippen molar-refractivity contribution < 1.29 is 19.1 Å². The van der Waals surface area contributed by atoms with Gasteiger partial charge in [-0.3, -0.25) is 19.3 Å². The van der Waals surface area contributed by atoms with Crippen molar-refractivity contribution in [2.75, 3.05) is 31.8 Å². The molecule has 1 heterocycles. The third kappa shape index (κ3) is 4.45. The number of hydrogen-bond donors (Lipinski definition) is 0. The molecule has 0 bridgehead atoms. The fourth-order valence-corrected chi connectivity index (χ4v) is 3.38. The topological polar surface area (TPSA) is 70.2 Å². The summed E-state index contributed by atoms with van der Waals surface area (Å²) in [5.41, 5.74) is 2.26. The van der Waals surface area contributed by atoms with Crippen molar-refractivity contribution in [1.29, 1.82) is 0 Å². The van der Waals surface area contributed by atoms with Crippen molar-refractivity contribution in [3.63, 3.8) is 0 Å². The van der Waals surface area contributed by atoms with Gasteiger partial charge in [0.1, 0.15) is 25.5 Å². The largest absolute Gasteiger partial charge is 0.496 e. The van der Waals surface area contributed by atoms with Gasteiger partial charge in [-0.05, 0) is 45.0 Å². The summed E-state index contributed by atoms with van der Waals surface area (Å²) in [5.74, 6) is -0.228. The maximum Gasteiger partial charge on any atom is 0.258 e. The molecule has 1 fully saturated rings. The van der Waals surface area contributed by atoms with Crippen molar-refractivity contribution in [3.05, 3.63) is 59.7 Å². The maximum atomic E-state index is 13.1. The second-order valence-electron chi connectivity index (χ2n) is 7.62. The number of carbonyl (C=O) groups excluding carboxylic acids is 3. The lowest BCUT2D eigenvalue weighted by Crippen LogP contribution is -2.45. The lowest BCUT2D eigenvalue weighted by molar-refractivity contribution is -0.132. The van der Waals surface area contributed by atoms with Gasteiger partial charge in [-0.15, -0.1) is 0 Å². The van der Waals surface area contributed by atoms with Crippen LogP contribution in [0.4, 0.5) is 5.69 Å². The Balaban J connectivity index is 1.73. The third-order valence-corrected chi connectivity index (χ3v) is 5.16. The molecular weight excluding hydrogens is 382 g/mol. The number of rotatable bonds is 6. The molecule has 0 aromatic heterocycles. The van der Waals surface area contributed by atoms with Crippen molar-refractivity contribution >= 4 is 23.4 Å². The zero-order valence-electron chi connectivity index (χ0n) is 17.8. The van der Waals surface area contributed by atoms with Crippen LogP contribution in [-0.2, 0) is 9.59 Å². The first kappa shape index (κ1) is 21.4. The summed E-state index contributed by atoms with van der Waals surface area (Å²) < 4.78 is 5.29. The molecule has 0 aliphatic carbocycles. The van der Waals surface area contributed by atoms with E-state index in [1.807, 2.05) is 45.0 Å². The van der Waals surface area contributed by atoms with Gasteiger partial charge >= 0.3 is 0 Å². The molecule has 3 rings (SSSR count). The van der Waals surface area contributed by atoms with Crippen LogP contribution in [0.5, 0.6) is 5.75 Å². The number of hydrogen-bond acceptors (Lipinski definition) is 4. The molecule has 1 aliphatic rings. The molecule has 1 saturated heterocycles. The molecule has 1 aliphatic heterocycles. The second kappa shape index (κ2) is 8.98. The van der Waals surface area contributed by atoms with Crippen molar-refractivity contribution in [2.45, 2.75) is 26.8 Å². The predicted octanol–water partition coefficient (Wildman–Crippen LogP) is 2.69. The second-order valence-corrected chi connectivity index (χ2v) is 7.62. The number of para-hydroxylation sites is 1. The van der Waals surface area contributed by atoms with Crippen LogP contribution in [0.1, 0.15) is 29.8 Å². The lowest BCUT2D eigenvalue weighted by atomic mass is 10.1. The average Bonchev–Trinajstić information content (AvgIpc) is 3.13. The van der Waals surface area contributed by atoms with E-state index in [4.69, 9.17) is 4.74 Å². The molecule has 2 aromatic carbocycles. The number of anilines is 1. The Morgan fingerprint density at radius 1 is 1.10 bits per heavy atom. The van der Waals surface area contributed by atoms with Gasteiger partial charge in [0.2, 0.25) is 11.8 Å². The van der Waals surface area contributed by atoms with E-state index in [0.717, 1.165) is 11.3 Å². The molecule has 7 nitrogen and oxygen atoms in total. The molecule has 3 amide bonds. The highest BCUT2D eigenvalue weighted by Gasteiger charge is 2.34. The molecule has 0 radical (unpaired) electrons. The Bertz CT molecular complexity index is 940. The van der Waals surface area contributed by atoms with Crippen LogP contribution in [0.3, 0.4) is 0 Å². The van der Waals surface area contributed by atoms with E-state index in [1.54, 1.807) is 29.2 Å². The number of carbonyl (C=O) groups is 3. The summed E-state index contributed by atoms with van der Waals surface area (Å²) in [5, 5.41) is 0. The molecule has 0 N–H and O–H groups in total. The summed E-state index contributed by atoms with van der Waals surface area (Å²) in [6, 6.07) is 14.3. The minimum absolute atomic E-state index is 0.00148. The lowest BCUT2D eigenvalue weighted by Gasteiger charge is -2.28. The third-order valence-electron chi connectivity index (χ3n) is 5.16. The van der Waals surface area contributed by atoms with Gasteiger partial charge in [0, 0.05) is 11.7 Å². The van der Waals surface area contributed by atoms with Crippen molar-refractivity contribution in [1.82, 2.24) is 9.80 Å². The summed E-state index contributed by atoms with van der Waals surface area (Å²) in [6.45, 7) is 5.76. The Morgan fingerprint density at radius 3 is 2.40 bits per heavy atom. The van der Waals surface area contributed by atoms with Crippen LogP contribution >= 0.6 is 0 Å². The van der Waals surface area contributed by atoms with Crippen LogP contribution in [0.25, 0.3) is 0 Å². The van der Waals surface area contributed by atoms with E-state index in [0.29, 0.717) is 11.3 Å². The van der Waals surface area contributed by atoms with Gasteiger partial charge in [-0.25, -0.2) is 0 Å². The Morgan fingerprint density at radius 2 is 1.77 bits per heavy atom. The van der Waals surface area contributed by atoms with Gasteiger partial charge in [0.15, 0.2) is 0 Å². The molecule has 0 atom stereocenters. The van der Waals surface area contributed by atoms with Gasteiger partial charge in [-0.2, -0.15) is 0 Å². The highest BCUT2D eigenvalue weighted by Crippen LogP contribution is 2.22. The number of aryl methyl sites for hydroxylation is 1. The first-order valence-electron chi connectivity index (χ1n) is 9.90. The monoisotopic (exact) mass is 409 g/mol. The SMILES string of the molecule is COc1ccccc1C(=O)N(CC(=O)N1CC(=O)N(c2ccc(C)cc2)C1)C(C)C. The van der Waals surface area contributed by atoms with Gasteiger partial charge in [0.25, 0.3) is 5.91 Å². The van der Waals surface area contributed by atoms with Crippen molar-refractivity contribution in [3.8, 4) is 5.75 Å². The minimum atomic E-state index is -0.281. The number of ether oxygens (including phenoxy) is 1. The molecule has 0 unspecified atom stereocenters. The standard InChI is InChI=1S/C23H27N3O4/c1-16(2)25(23(29)19-7-5-6-8-20(19)30-4)14-21(27)24-13-22(28)26(15-24)18-11-9-17(3)10-12-18/h5-12,16H,13-15H2,1-4H3. The summed E-state index contributed by atoms with van der Waals surface area (Å²) in [7, 11) is 1.51. The number of methoxy groups -OCH3 is 1. The average molecular weight is 409 g/mol. The van der Waals surface area contributed by atoms with Gasteiger partial charge in [0.05, 0.1) is 12.7 Å². The number of amides is 3. The maximum absolute atomic E-state index is 13.1. The van der Waals surface area contributed by atoms with Crippen LogP contribution in [0, 0.1) is 6.92 Å². The molecule has 2 aromatic rings. The smallest absolute Gasteiger partial charge is 0.258 e. The molecule has 30 heavy (non-hydrogen) atoms. The van der Waals surface area contributed by atoms with Crippen LogP contribution in [0.2, 0.25) is 0 Å². The van der Waals surface area contributed by atoms with E-state index >= 15 is 0 Å². The summed E-state index contributed by atoms with van der Waals surface area (Å²) in [6.07, 6.45) is 0. The molecule has 0 spiro atoms. The molecule has 0 saturated carbocycles. The highest BCUT2D eigenvalue weighted by molar-refractivity contribution is 6.02. The summed E-state index contributed by atoms with van der Waals surface area (Å²) >= 11 is 0. The first-order valence-corrected chi connectivity index (χ1v) is 9.90. The fraction of sp³-hybridized carbons (Fsp3) is 0.348. The molecular formula is C23H27N3O4. The highest BCUT2D eigenvalue weighted by atomic mass is 16.5. The van der Waals surface area contributed by atoms with E-state index in [-0.39, 0.29) is 43.5 Å². The van der Waals surface area contributed by atoms with Crippen LogP contribution in [0.15, 0.2) is 48.5 Å². The quantitative estimate of drug-likeness (QED) is 0.736. The van der Waals surface area contributed by atoms with Crippen LogP contribution < -0.4 is 9.64 Å². The number of benzene rings is 2. The minimum Gasteiger partial charge on any atom is -0.496 e. The van der Waals surface area contributed by atoms with Crippen molar-refractivity contribution in [2.24, 2.45) is 0 Å². The van der Waals surface area contributed by atoms with E-state index in [1.165, 1.54) is 16.9 Å². The first-order chi connectivity index (χ1) is 14.3. The van der Waals surface area contributed by atoms with Gasteiger partial charge < -0.3 is 14.5 Å². The Labute approximate surface area is 176 Å². The van der Waals surface area contributed by atoms with E-state index < -0.39 is 0 Å². The number of nitrogens with zero attached hydrogens (tertiary/aromatic N) is 3. The van der Waals surface area contributed by atoms with E-state index in [2.05, 4.69) is 0 Å². The summed E-state index contributed by atoms with van der Waals surface area (Å²) in [4.78, 5) is 43.1.